The van der Waals surface area contributed by atoms with Crippen LogP contribution in [0.5, 0.6) is 11.5 Å². The monoisotopic (exact) mass is 1030 g/mol. The maximum atomic E-state index is 6.77. The molecule has 0 saturated heterocycles. The number of aromatic nitrogens is 3. The first-order chi connectivity index (χ1) is 31.9. The van der Waals surface area contributed by atoms with E-state index >= 15 is 0 Å². The van der Waals surface area contributed by atoms with E-state index in [1.807, 2.05) is 24.4 Å². The predicted molar refractivity (Wildman–Crippen MR) is 263 cm³/mol. The Balaban J connectivity index is 0.00000481. The third-order valence-corrected chi connectivity index (χ3v) is 12.6. The molecule has 0 radical (unpaired) electrons. The van der Waals surface area contributed by atoms with Gasteiger partial charge in [-0.25, -0.2) is 4.98 Å². The Hall–Kier alpha value is -7.47. The van der Waals surface area contributed by atoms with Crippen LogP contribution in [-0.2, 0) is 26.5 Å². The molecule has 8 aromatic carbocycles. The predicted octanol–water partition coefficient (Wildman–Crippen LogP) is 12.8. The number of anilines is 4. The maximum absolute atomic E-state index is 6.77. The van der Waals surface area contributed by atoms with Crippen LogP contribution in [0.15, 0.2) is 200 Å². The summed E-state index contributed by atoms with van der Waals surface area (Å²) in [5, 5.41) is 0. The van der Waals surface area contributed by atoms with Crippen LogP contribution in [0.25, 0.3) is 55.8 Å². The summed E-state index contributed by atoms with van der Waals surface area (Å²) in [7, 11) is 0. The standard InChI is InChI=1S/C58H42BN5O.Pt/c1-58(2,3)42-34-35-60-56(36-42)64-55-38-45(32-33-54(55)63-51-29-13-11-25-49(51)48-24-10-12-28-50(48)59(63)64)65-44-23-16-22-43(37-44)61-39-62(53-31-15-14-30-52(53)61)57-46(40-18-6-4-7-19-40)26-17-27-47(57)41-20-8-5-9-21-41;/h4-36H,1-3H3;/q-2;. The van der Waals surface area contributed by atoms with E-state index in [-0.39, 0.29) is 33.5 Å². The van der Waals surface area contributed by atoms with Crippen LogP contribution in [0.3, 0.4) is 0 Å². The summed E-state index contributed by atoms with van der Waals surface area (Å²) < 4.78 is 11.0. The average Bonchev–Trinajstić information content (AvgIpc) is 3.91. The number of benzene rings is 8. The summed E-state index contributed by atoms with van der Waals surface area (Å²) in [5.41, 5.74) is 16.2. The van der Waals surface area contributed by atoms with Gasteiger partial charge in [0.2, 0.25) is 0 Å². The van der Waals surface area contributed by atoms with Gasteiger partial charge in [-0.2, -0.15) is 12.1 Å². The number of imidazole rings is 1. The Morgan fingerprint density at radius 3 is 1.95 bits per heavy atom. The molecule has 0 atom stereocenters. The van der Waals surface area contributed by atoms with Crippen molar-refractivity contribution in [3.8, 4) is 56.3 Å². The fourth-order valence-electron chi connectivity index (χ4n) is 9.57. The summed E-state index contributed by atoms with van der Waals surface area (Å²) in [4.78, 5) is 9.78. The van der Waals surface area contributed by atoms with Gasteiger partial charge in [0.05, 0.1) is 16.7 Å². The van der Waals surface area contributed by atoms with E-state index in [4.69, 9.17) is 9.72 Å². The summed E-state index contributed by atoms with van der Waals surface area (Å²) in [6.45, 7) is 6.54. The first-order valence-corrected chi connectivity index (χ1v) is 22.1. The largest absolute Gasteiger partial charge is 0.510 e. The molecule has 4 heterocycles. The quantitative estimate of drug-likeness (QED) is 0.0906. The molecule has 0 bridgehead atoms. The van der Waals surface area contributed by atoms with Crippen LogP contribution >= 0.6 is 0 Å². The second-order valence-corrected chi connectivity index (χ2v) is 17.6. The zero-order chi connectivity index (χ0) is 43.6. The minimum absolute atomic E-state index is 0. The average molecular weight is 1030 g/mol. The molecule has 12 rings (SSSR count). The number of rotatable bonds is 7. The van der Waals surface area contributed by atoms with Crippen LogP contribution in [-0.4, -0.2) is 16.5 Å². The third kappa shape index (κ3) is 6.94. The van der Waals surface area contributed by atoms with E-state index in [0.717, 1.165) is 67.5 Å². The Labute approximate surface area is 400 Å². The Morgan fingerprint density at radius 2 is 1.20 bits per heavy atom. The number of hydrogen-bond acceptors (Lipinski definition) is 4. The van der Waals surface area contributed by atoms with Gasteiger partial charge in [-0.05, 0) is 68.1 Å². The van der Waals surface area contributed by atoms with Gasteiger partial charge < -0.3 is 18.9 Å². The Bertz CT molecular complexity index is 3380. The first-order valence-electron chi connectivity index (χ1n) is 22.1. The Kier molecular flexibility index (Phi) is 10.3. The molecule has 2 aliphatic heterocycles. The van der Waals surface area contributed by atoms with Gasteiger partial charge in [-0.15, -0.1) is 30.3 Å². The van der Waals surface area contributed by atoms with Gasteiger partial charge in [0.25, 0.3) is 6.33 Å². The van der Waals surface area contributed by atoms with Crippen molar-refractivity contribution in [3.05, 3.63) is 224 Å². The fourth-order valence-corrected chi connectivity index (χ4v) is 9.57. The molecule has 0 aliphatic carbocycles. The molecule has 0 saturated carbocycles. The van der Waals surface area contributed by atoms with Crippen LogP contribution in [0.1, 0.15) is 26.3 Å². The first kappa shape index (κ1) is 41.3. The number of fused-ring (bicyclic) bond motifs is 9. The van der Waals surface area contributed by atoms with E-state index in [1.54, 1.807) is 0 Å². The van der Waals surface area contributed by atoms with Crippen molar-refractivity contribution in [1.29, 1.82) is 0 Å². The van der Waals surface area contributed by atoms with Gasteiger partial charge in [0, 0.05) is 50.0 Å². The van der Waals surface area contributed by atoms with E-state index in [9.17, 15) is 0 Å². The number of nitrogens with zero attached hydrogens (tertiary/aromatic N) is 5. The molecule has 66 heavy (non-hydrogen) atoms. The molecule has 320 valence electrons. The van der Waals surface area contributed by atoms with Crippen LogP contribution in [0, 0.1) is 18.5 Å². The number of ether oxygens (including phenoxy) is 1. The van der Waals surface area contributed by atoms with Crippen molar-refractivity contribution in [2.24, 2.45) is 0 Å². The van der Waals surface area contributed by atoms with Gasteiger partial charge in [-0.1, -0.05) is 178 Å². The van der Waals surface area contributed by atoms with Crippen LogP contribution in [0.2, 0.25) is 0 Å². The van der Waals surface area contributed by atoms with Crippen molar-refractivity contribution in [2.75, 3.05) is 9.62 Å². The van der Waals surface area contributed by atoms with Crippen LogP contribution < -0.4 is 24.4 Å². The minimum atomic E-state index is -0.182. The molecule has 8 heteroatoms. The second kappa shape index (κ2) is 16.5. The molecular formula is C58H42BN5OPt-2. The zero-order valence-electron chi connectivity index (χ0n) is 36.6. The van der Waals surface area contributed by atoms with Gasteiger partial charge in [-0.3, -0.25) is 4.57 Å². The molecule has 2 aromatic heterocycles. The van der Waals surface area contributed by atoms with Crippen molar-refractivity contribution >= 4 is 46.4 Å². The molecule has 0 spiro atoms. The van der Waals surface area contributed by atoms with Crippen molar-refractivity contribution in [1.82, 2.24) is 9.55 Å². The summed E-state index contributed by atoms with van der Waals surface area (Å²) in [6, 6.07) is 75.3. The van der Waals surface area contributed by atoms with Crippen LogP contribution in [0.4, 0.5) is 22.9 Å². The van der Waals surface area contributed by atoms with E-state index in [0.29, 0.717) is 11.5 Å². The Morgan fingerprint density at radius 1 is 0.561 bits per heavy atom. The SMILES string of the molecule is CC(C)(C)c1ccnc(N2B3c4ccccc4-c4ccccc4N3c3ccc(Oc4[c-]c(-n5[c-][n+](-c6c(-c7ccccc7)cccc6-c6ccccc6)c6ccccc65)ccc4)[c-]c32)c1.[Pt]. The molecule has 10 aromatic rings. The second-order valence-electron chi connectivity index (χ2n) is 17.6. The number of para-hydroxylation sites is 4. The normalized spacial score (nSPS) is 12.6. The van der Waals surface area contributed by atoms with E-state index in [2.05, 4.69) is 234 Å². The molecule has 0 amide bonds. The molecular weight excluding hydrogens is 989 g/mol. The van der Waals surface area contributed by atoms with E-state index in [1.165, 1.54) is 22.2 Å². The molecule has 6 nitrogen and oxygen atoms in total. The molecule has 0 N–H and O–H groups in total. The van der Waals surface area contributed by atoms with Gasteiger partial charge in [0.15, 0.2) is 0 Å². The van der Waals surface area contributed by atoms with Gasteiger partial charge >= 0.3 is 6.98 Å². The third-order valence-electron chi connectivity index (χ3n) is 12.6. The molecule has 2 aliphatic rings. The topological polar surface area (TPSA) is 37.4 Å². The van der Waals surface area contributed by atoms with Crippen molar-refractivity contribution < 1.29 is 30.4 Å². The van der Waals surface area contributed by atoms with Crippen molar-refractivity contribution in [2.45, 2.75) is 26.2 Å². The van der Waals surface area contributed by atoms with Gasteiger partial charge in [0.1, 0.15) is 5.82 Å². The molecule has 0 fully saturated rings. The summed E-state index contributed by atoms with van der Waals surface area (Å²) >= 11 is 0. The van der Waals surface area contributed by atoms with E-state index < -0.39 is 0 Å². The number of pyridine rings is 1. The maximum Gasteiger partial charge on any atom is 0.409 e. The molecule has 0 unspecified atom stereocenters. The number of hydrogen-bond donors (Lipinski definition) is 0. The smallest absolute Gasteiger partial charge is 0.409 e. The summed E-state index contributed by atoms with van der Waals surface area (Å²) in [6.07, 6.45) is 5.70. The van der Waals surface area contributed by atoms with Crippen molar-refractivity contribution in [3.63, 3.8) is 0 Å². The minimum Gasteiger partial charge on any atom is -0.510 e. The zero-order valence-corrected chi connectivity index (χ0v) is 38.9. The summed E-state index contributed by atoms with van der Waals surface area (Å²) in [5.74, 6) is 2.00. The fraction of sp³-hybridized carbons (Fsp3) is 0.0690.